The van der Waals surface area contributed by atoms with Crippen LogP contribution in [0.4, 0.5) is 0 Å². The minimum Gasteiger partial charge on any atom is -0.497 e. The zero-order valence-corrected chi connectivity index (χ0v) is 15.3. The summed E-state index contributed by atoms with van der Waals surface area (Å²) in [5.74, 6) is 1.58. The van der Waals surface area contributed by atoms with Gasteiger partial charge in [-0.2, -0.15) is 0 Å². The standard InChI is InChI=1S/C19H30N2O3/c1-14(2)24-18-11-16(23-4)7-8-17(18)19(22)20-12-15(3)13-21-9-5-6-10-21/h7-8,11,14-15H,5-6,9-10,12-13H2,1-4H3,(H,20,22)/t15-/m1/s1. The highest BCUT2D eigenvalue weighted by molar-refractivity contribution is 5.97. The van der Waals surface area contributed by atoms with Crippen molar-refractivity contribution in [2.45, 2.75) is 39.7 Å². The van der Waals surface area contributed by atoms with Gasteiger partial charge in [0.25, 0.3) is 5.91 Å². The van der Waals surface area contributed by atoms with E-state index >= 15 is 0 Å². The summed E-state index contributed by atoms with van der Waals surface area (Å²) >= 11 is 0. The third-order valence-corrected chi connectivity index (χ3v) is 4.18. The Balaban J connectivity index is 1.95. The smallest absolute Gasteiger partial charge is 0.255 e. The highest BCUT2D eigenvalue weighted by Gasteiger charge is 2.18. The maximum atomic E-state index is 12.5. The van der Waals surface area contributed by atoms with Crippen molar-refractivity contribution < 1.29 is 14.3 Å². The first-order valence-corrected chi connectivity index (χ1v) is 8.85. The van der Waals surface area contributed by atoms with Crippen LogP contribution in [0.15, 0.2) is 18.2 Å². The summed E-state index contributed by atoms with van der Waals surface area (Å²) in [6, 6.07) is 5.31. The number of methoxy groups -OCH3 is 1. The largest absolute Gasteiger partial charge is 0.497 e. The molecule has 5 nitrogen and oxygen atoms in total. The highest BCUT2D eigenvalue weighted by atomic mass is 16.5. The number of likely N-dealkylation sites (tertiary alicyclic amines) is 1. The second-order valence-electron chi connectivity index (χ2n) is 6.85. The molecule has 1 saturated heterocycles. The fraction of sp³-hybridized carbons (Fsp3) is 0.632. The first-order valence-electron chi connectivity index (χ1n) is 8.85. The predicted molar refractivity (Wildman–Crippen MR) is 95.9 cm³/mol. The van der Waals surface area contributed by atoms with Gasteiger partial charge in [-0.15, -0.1) is 0 Å². The summed E-state index contributed by atoms with van der Waals surface area (Å²) < 4.78 is 11.0. The summed E-state index contributed by atoms with van der Waals surface area (Å²) in [7, 11) is 1.61. The molecule has 0 saturated carbocycles. The van der Waals surface area contributed by atoms with Crippen LogP contribution in [-0.2, 0) is 0 Å². The van der Waals surface area contributed by atoms with E-state index in [4.69, 9.17) is 9.47 Å². The summed E-state index contributed by atoms with van der Waals surface area (Å²) in [6.45, 7) is 10.1. The van der Waals surface area contributed by atoms with Crippen LogP contribution in [0.3, 0.4) is 0 Å². The average Bonchev–Trinajstić information content (AvgIpc) is 3.04. The van der Waals surface area contributed by atoms with Gasteiger partial charge in [0.1, 0.15) is 11.5 Å². The molecule has 2 rings (SSSR count). The van der Waals surface area contributed by atoms with E-state index in [-0.39, 0.29) is 12.0 Å². The Hall–Kier alpha value is -1.75. The van der Waals surface area contributed by atoms with Crippen LogP contribution in [0.5, 0.6) is 11.5 Å². The van der Waals surface area contributed by atoms with Gasteiger partial charge in [0.2, 0.25) is 0 Å². The third-order valence-electron chi connectivity index (χ3n) is 4.18. The van der Waals surface area contributed by atoms with Gasteiger partial charge in [-0.3, -0.25) is 4.79 Å². The minimum atomic E-state index is -0.0958. The molecular weight excluding hydrogens is 304 g/mol. The van der Waals surface area contributed by atoms with Crippen molar-refractivity contribution in [2.24, 2.45) is 5.92 Å². The molecule has 1 fully saturated rings. The van der Waals surface area contributed by atoms with Crippen LogP contribution < -0.4 is 14.8 Å². The van der Waals surface area contributed by atoms with Gasteiger partial charge in [0, 0.05) is 19.2 Å². The summed E-state index contributed by atoms with van der Waals surface area (Å²) in [6.07, 6.45) is 2.58. The van der Waals surface area contributed by atoms with Gasteiger partial charge in [0.15, 0.2) is 0 Å². The number of hydrogen-bond donors (Lipinski definition) is 1. The SMILES string of the molecule is COc1ccc(C(=O)NC[C@@H](C)CN2CCCC2)c(OC(C)C)c1. The lowest BCUT2D eigenvalue weighted by atomic mass is 10.1. The first kappa shape index (κ1) is 18.6. The molecule has 1 heterocycles. The molecule has 1 aromatic rings. The number of carbonyl (C=O) groups is 1. The Morgan fingerprint density at radius 1 is 1.25 bits per heavy atom. The zero-order valence-electron chi connectivity index (χ0n) is 15.3. The Morgan fingerprint density at radius 3 is 2.58 bits per heavy atom. The Bertz CT molecular complexity index is 539. The Labute approximate surface area is 145 Å². The normalized spacial score (nSPS) is 16.2. The molecule has 24 heavy (non-hydrogen) atoms. The molecule has 5 heteroatoms. The van der Waals surface area contributed by atoms with Gasteiger partial charge < -0.3 is 19.7 Å². The molecule has 1 atom stereocenters. The molecule has 0 aliphatic carbocycles. The van der Waals surface area contributed by atoms with Crippen molar-refractivity contribution in [3.63, 3.8) is 0 Å². The van der Waals surface area contributed by atoms with Crippen molar-refractivity contribution in [3.05, 3.63) is 23.8 Å². The highest BCUT2D eigenvalue weighted by Crippen LogP contribution is 2.26. The quantitative estimate of drug-likeness (QED) is 0.794. The Kier molecular flexibility index (Phi) is 6.91. The number of benzene rings is 1. The lowest BCUT2D eigenvalue weighted by Gasteiger charge is -2.21. The van der Waals surface area contributed by atoms with E-state index in [0.29, 0.717) is 29.5 Å². The number of ether oxygens (including phenoxy) is 2. The molecule has 1 aliphatic heterocycles. The van der Waals surface area contributed by atoms with Crippen LogP contribution in [-0.4, -0.2) is 50.2 Å². The van der Waals surface area contributed by atoms with E-state index < -0.39 is 0 Å². The van der Waals surface area contributed by atoms with E-state index in [1.54, 1.807) is 25.3 Å². The number of rotatable bonds is 8. The molecule has 1 N–H and O–H groups in total. The van der Waals surface area contributed by atoms with Crippen LogP contribution in [0.1, 0.15) is 44.0 Å². The molecule has 0 aromatic heterocycles. The van der Waals surface area contributed by atoms with Crippen molar-refractivity contribution in [1.29, 1.82) is 0 Å². The van der Waals surface area contributed by atoms with Crippen LogP contribution in [0.25, 0.3) is 0 Å². The second-order valence-corrected chi connectivity index (χ2v) is 6.85. The predicted octanol–water partition coefficient (Wildman–Crippen LogP) is 2.94. The van der Waals surface area contributed by atoms with Crippen LogP contribution >= 0.6 is 0 Å². The fourth-order valence-electron chi connectivity index (χ4n) is 3.00. The summed E-state index contributed by atoms with van der Waals surface area (Å²) in [5.41, 5.74) is 0.554. The lowest BCUT2D eigenvalue weighted by Crippen LogP contribution is -2.34. The van der Waals surface area contributed by atoms with E-state index in [0.717, 1.165) is 6.54 Å². The topological polar surface area (TPSA) is 50.8 Å². The molecule has 134 valence electrons. The first-order chi connectivity index (χ1) is 11.5. The molecule has 0 bridgehead atoms. The van der Waals surface area contributed by atoms with Gasteiger partial charge in [0.05, 0.1) is 18.8 Å². The van der Waals surface area contributed by atoms with Gasteiger partial charge in [-0.1, -0.05) is 6.92 Å². The summed E-state index contributed by atoms with van der Waals surface area (Å²) in [5, 5.41) is 3.04. The molecule has 0 unspecified atom stereocenters. The number of nitrogens with one attached hydrogen (secondary N) is 1. The average molecular weight is 334 g/mol. The van der Waals surface area contributed by atoms with Crippen molar-refractivity contribution in [2.75, 3.05) is 33.3 Å². The number of amides is 1. The molecule has 0 radical (unpaired) electrons. The number of nitrogens with zero attached hydrogens (tertiary/aromatic N) is 1. The van der Waals surface area contributed by atoms with Gasteiger partial charge in [-0.05, 0) is 57.8 Å². The van der Waals surface area contributed by atoms with Crippen molar-refractivity contribution in [3.8, 4) is 11.5 Å². The minimum absolute atomic E-state index is 0.00209. The van der Waals surface area contributed by atoms with E-state index in [2.05, 4.69) is 17.1 Å². The van der Waals surface area contributed by atoms with Crippen molar-refractivity contribution in [1.82, 2.24) is 10.2 Å². The van der Waals surface area contributed by atoms with Crippen LogP contribution in [0, 0.1) is 5.92 Å². The lowest BCUT2D eigenvalue weighted by molar-refractivity contribution is 0.0939. The monoisotopic (exact) mass is 334 g/mol. The molecular formula is C19H30N2O3. The molecule has 1 amide bonds. The third kappa shape index (κ3) is 5.41. The second kappa shape index (κ2) is 8.92. The maximum absolute atomic E-state index is 12.5. The number of hydrogen-bond acceptors (Lipinski definition) is 4. The molecule has 1 aliphatic rings. The fourth-order valence-corrected chi connectivity index (χ4v) is 3.00. The molecule has 0 spiro atoms. The van der Waals surface area contributed by atoms with Crippen molar-refractivity contribution >= 4 is 5.91 Å². The van der Waals surface area contributed by atoms with E-state index in [1.807, 2.05) is 13.8 Å². The van der Waals surface area contributed by atoms with Gasteiger partial charge >= 0.3 is 0 Å². The van der Waals surface area contributed by atoms with E-state index in [9.17, 15) is 4.79 Å². The number of carbonyl (C=O) groups excluding carboxylic acids is 1. The molecule has 1 aromatic carbocycles. The maximum Gasteiger partial charge on any atom is 0.255 e. The van der Waals surface area contributed by atoms with Gasteiger partial charge in [-0.25, -0.2) is 0 Å². The zero-order chi connectivity index (χ0) is 17.5. The van der Waals surface area contributed by atoms with Crippen LogP contribution in [0.2, 0.25) is 0 Å². The Morgan fingerprint density at radius 2 is 1.96 bits per heavy atom. The van der Waals surface area contributed by atoms with E-state index in [1.165, 1.54) is 25.9 Å². The summed E-state index contributed by atoms with van der Waals surface area (Å²) in [4.78, 5) is 15.0.